The Bertz CT molecular complexity index is 2290. The van der Waals surface area contributed by atoms with Gasteiger partial charge in [-0.25, -0.2) is 4.68 Å². The number of ether oxygens (including phenoxy) is 2. The first kappa shape index (κ1) is 33.5. The Hall–Kier alpha value is -6.02. The molecule has 260 valence electrons. The van der Waals surface area contributed by atoms with Crippen molar-refractivity contribution < 1.29 is 28.7 Å². The number of nitrogens with zero attached hydrogens (tertiary/aromatic N) is 7. The number of likely N-dealkylation sites (N-methyl/N-ethyl adjacent to an activating group) is 1. The average Bonchev–Trinajstić information content (AvgIpc) is 3.71. The number of pyridine rings is 2. The number of benzene rings is 2. The van der Waals surface area contributed by atoms with Crippen LogP contribution in [0.15, 0.2) is 66.0 Å². The van der Waals surface area contributed by atoms with Crippen molar-refractivity contribution in [2.45, 2.75) is 38.3 Å². The van der Waals surface area contributed by atoms with Gasteiger partial charge in [0.15, 0.2) is 5.78 Å². The van der Waals surface area contributed by atoms with Crippen LogP contribution in [-0.4, -0.2) is 91.6 Å². The van der Waals surface area contributed by atoms with E-state index in [9.17, 15) is 24.0 Å². The van der Waals surface area contributed by atoms with E-state index in [1.807, 2.05) is 25.2 Å². The van der Waals surface area contributed by atoms with Crippen molar-refractivity contribution in [1.29, 1.82) is 0 Å². The SMILES string of the molecule is COc1cc(-c2cn(C)c(=O)c3cnccc23)cc(OC)c1CN(C)CCc1cn(-c2ccc3c(c2)C(=O)N(C2CCC(=O)CC2=O)C3=O)nn1. The molecular weight excluding hydrogens is 654 g/mol. The minimum Gasteiger partial charge on any atom is -0.496 e. The summed E-state index contributed by atoms with van der Waals surface area (Å²) < 4.78 is 14.8. The molecule has 5 aromatic rings. The molecule has 0 N–H and O–H groups in total. The smallest absolute Gasteiger partial charge is 0.262 e. The first-order chi connectivity index (χ1) is 24.6. The summed E-state index contributed by atoms with van der Waals surface area (Å²) in [5, 5.41) is 9.89. The molecule has 14 heteroatoms. The van der Waals surface area contributed by atoms with E-state index in [0.717, 1.165) is 27.0 Å². The first-order valence-electron chi connectivity index (χ1n) is 16.4. The highest BCUT2D eigenvalue weighted by Gasteiger charge is 2.44. The van der Waals surface area contributed by atoms with Gasteiger partial charge in [0.2, 0.25) is 0 Å². The van der Waals surface area contributed by atoms with Crippen LogP contribution in [0.25, 0.3) is 27.6 Å². The summed E-state index contributed by atoms with van der Waals surface area (Å²) in [5.41, 5.74) is 4.09. The second-order valence-electron chi connectivity index (χ2n) is 12.8. The van der Waals surface area contributed by atoms with Gasteiger partial charge in [-0.3, -0.25) is 33.9 Å². The third kappa shape index (κ3) is 6.07. The standard InChI is InChI=1S/C37H35N7O7/c1-41(19-30-33(50-3)13-21(14-34(30)51-4)29-20-42(2)35(47)28-17-38-11-9-25(28)29)12-10-22-18-43(40-39-22)23-5-7-26-27(15-23)37(49)44(36(26)48)31-8-6-24(45)16-32(31)46/h5,7,9,11,13-15,17-18,20,31H,6,8,10,12,16,19H2,1-4H3. The highest BCUT2D eigenvalue weighted by molar-refractivity contribution is 6.24. The summed E-state index contributed by atoms with van der Waals surface area (Å²) in [4.78, 5) is 70.6. The number of hydrogen-bond donors (Lipinski definition) is 0. The van der Waals surface area contributed by atoms with Crippen LogP contribution in [0.2, 0.25) is 0 Å². The molecule has 0 spiro atoms. The number of aryl methyl sites for hydroxylation is 1. The molecule has 4 heterocycles. The van der Waals surface area contributed by atoms with Crippen molar-refractivity contribution in [3.63, 3.8) is 0 Å². The van der Waals surface area contributed by atoms with E-state index < -0.39 is 23.6 Å². The zero-order chi connectivity index (χ0) is 36.0. The van der Waals surface area contributed by atoms with Crippen LogP contribution in [0.1, 0.15) is 51.2 Å². The normalized spacial score (nSPS) is 16.0. The van der Waals surface area contributed by atoms with Gasteiger partial charge >= 0.3 is 0 Å². The fraction of sp³-hybridized carbons (Fsp3) is 0.297. The molecule has 14 nitrogen and oxygen atoms in total. The minimum absolute atomic E-state index is 0.127. The third-order valence-electron chi connectivity index (χ3n) is 9.54. The Kier molecular flexibility index (Phi) is 8.77. The topological polar surface area (TPSA) is 159 Å². The van der Waals surface area contributed by atoms with E-state index >= 15 is 0 Å². The summed E-state index contributed by atoms with van der Waals surface area (Å²) in [7, 11) is 6.92. The summed E-state index contributed by atoms with van der Waals surface area (Å²) in [6.45, 7) is 1.13. The van der Waals surface area contributed by atoms with Crippen LogP contribution in [0.3, 0.4) is 0 Å². The van der Waals surface area contributed by atoms with E-state index in [1.54, 1.807) is 73.5 Å². The number of carbonyl (C=O) groups is 4. The van der Waals surface area contributed by atoms with Gasteiger partial charge in [-0.05, 0) is 60.8 Å². The highest BCUT2D eigenvalue weighted by Crippen LogP contribution is 2.38. The summed E-state index contributed by atoms with van der Waals surface area (Å²) in [5.74, 6) is -0.384. The van der Waals surface area contributed by atoms with E-state index in [0.29, 0.717) is 47.8 Å². The lowest BCUT2D eigenvalue weighted by molar-refractivity contribution is -0.132. The molecule has 51 heavy (non-hydrogen) atoms. The number of carbonyl (C=O) groups excluding carboxylic acids is 4. The van der Waals surface area contributed by atoms with Crippen LogP contribution >= 0.6 is 0 Å². The molecule has 1 saturated carbocycles. The van der Waals surface area contributed by atoms with Crippen molar-refractivity contribution in [1.82, 2.24) is 34.3 Å². The molecule has 1 atom stereocenters. The van der Waals surface area contributed by atoms with Crippen molar-refractivity contribution >= 4 is 34.2 Å². The maximum Gasteiger partial charge on any atom is 0.262 e. The highest BCUT2D eigenvalue weighted by atomic mass is 16.5. The van der Waals surface area contributed by atoms with Gasteiger partial charge in [0.25, 0.3) is 17.4 Å². The number of amides is 2. The zero-order valence-electron chi connectivity index (χ0n) is 28.6. The van der Waals surface area contributed by atoms with Crippen molar-refractivity contribution in [3.05, 3.63) is 93.9 Å². The number of hydrogen-bond acceptors (Lipinski definition) is 11. The van der Waals surface area contributed by atoms with Crippen LogP contribution < -0.4 is 15.0 Å². The Morgan fingerprint density at radius 3 is 2.37 bits per heavy atom. The van der Waals surface area contributed by atoms with E-state index in [2.05, 4.69) is 20.2 Å². The van der Waals surface area contributed by atoms with Crippen molar-refractivity contribution in [2.75, 3.05) is 27.8 Å². The average molecular weight is 690 g/mol. The molecule has 1 aliphatic heterocycles. The number of aromatic nitrogens is 5. The summed E-state index contributed by atoms with van der Waals surface area (Å²) in [6.07, 6.45) is 7.42. The molecule has 0 radical (unpaired) electrons. The van der Waals surface area contributed by atoms with Gasteiger partial charge in [0, 0.05) is 57.1 Å². The second-order valence-corrected chi connectivity index (χ2v) is 12.8. The second kappa shape index (κ2) is 13.4. The predicted molar refractivity (Wildman–Crippen MR) is 185 cm³/mol. The predicted octanol–water partition coefficient (Wildman–Crippen LogP) is 3.16. The summed E-state index contributed by atoms with van der Waals surface area (Å²) >= 11 is 0. The molecule has 0 bridgehead atoms. The first-order valence-corrected chi connectivity index (χ1v) is 16.4. The van der Waals surface area contributed by atoms with Gasteiger partial charge in [0.05, 0.1) is 66.3 Å². The summed E-state index contributed by atoms with van der Waals surface area (Å²) in [6, 6.07) is 9.61. The van der Waals surface area contributed by atoms with Crippen LogP contribution in [-0.2, 0) is 29.6 Å². The molecule has 1 fully saturated rings. The van der Waals surface area contributed by atoms with Gasteiger partial charge in [0.1, 0.15) is 17.3 Å². The molecule has 7 rings (SSSR count). The lowest BCUT2D eigenvalue weighted by Crippen LogP contribution is -2.47. The van der Waals surface area contributed by atoms with E-state index in [1.165, 1.54) is 0 Å². The molecule has 1 unspecified atom stereocenters. The van der Waals surface area contributed by atoms with Gasteiger partial charge in [-0.1, -0.05) is 5.21 Å². The molecule has 1 aliphatic carbocycles. The van der Waals surface area contributed by atoms with E-state index in [-0.39, 0.29) is 41.7 Å². The fourth-order valence-corrected chi connectivity index (χ4v) is 6.84. The van der Waals surface area contributed by atoms with Gasteiger partial charge in [-0.2, -0.15) is 0 Å². The number of ketones is 2. The quantitative estimate of drug-likeness (QED) is 0.157. The van der Waals surface area contributed by atoms with Crippen LogP contribution in [0.4, 0.5) is 0 Å². The Labute approximate surface area is 292 Å². The Morgan fingerprint density at radius 2 is 1.65 bits per heavy atom. The lowest BCUT2D eigenvalue weighted by Gasteiger charge is -2.27. The fourth-order valence-electron chi connectivity index (χ4n) is 6.84. The molecule has 2 aliphatic rings. The maximum absolute atomic E-state index is 13.3. The number of fused-ring (bicyclic) bond motifs is 2. The zero-order valence-corrected chi connectivity index (χ0v) is 28.6. The number of methoxy groups -OCH3 is 2. The molecule has 0 saturated heterocycles. The molecule has 3 aromatic heterocycles. The number of Topliss-reactive ketones (excluding diaryl/α,β-unsaturated/α-hetero) is 2. The lowest BCUT2D eigenvalue weighted by atomic mass is 9.92. The van der Waals surface area contributed by atoms with Crippen molar-refractivity contribution in [3.8, 4) is 28.3 Å². The molecule has 2 aromatic carbocycles. The van der Waals surface area contributed by atoms with Gasteiger partial charge < -0.3 is 18.9 Å². The number of rotatable bonds is 10. The van der Waals surface area contributed by atoms with Crippen LogP contribution in [0.5, 0.6) is 11.5 Å². The monoisotopic (exact) mass is 689 g/mol. The Balaban J connectivity index is 1.05. The number of imide groups is 1. The van der Waals surface area contributed by atoms with E-state index in [4.69, 9.17) is 9.47 Å². The molecule has 2 amide bonds. The third-order valence-corrected chi connectivity index (χ3v) is 9.54. The van der Waals surface area contributed by atoms with Crippen LogP contribution in [0, 0.1) is 0 Å². The van der Waals surface area contributed by atoms with Crippen molar-refractivity contribution in [2.24, 2.45) is 7.05 Å². The largest absolute Gasteiger partial charge is 0.496 e. The van der Waals surface area contributed by atoms with Gasteiger partial charge in [-0.15, -0.1) is 5.10 Å². The maximum atomic E-state index is 13.3. The molecular formula is C37H35N7O7. The Morgan fingerprint density at radius 1 is 0.902 bits per heavy atom. The minimum atomic E-state index is -0.926.